The zero-order chi connectivity index (χ0) is 22.2. The lowest BCUT2D eigenvalue weighted by atomic mass is 9.99. The Morgan fingerprint density at radius 3 is 2.74 bits per heavy atom. The van der Waals surface area contributed by atoms with Gasteiger partial charge in [0.15, 0.2) is 12.0 Å². The molecule has 4 rings (SSSR count). The molecule has 31 heavy (non-hydrogen) atoms. The van der Waals surface area contributed by atoms with E-state index >= 15 is 0 Å². The molecule has 4 N–H and O–H groups in total. The number of nitrogens with zero attached hydrogens (tertiary/aromatic N) is 4. The van der Waals surface area contributed by atoms with Gasteiger partial charge in [-0.25, -0.2) is 4.98 Å². The van der Waals surface area contributed by atoms with Gasteiger partial charge < -0.3 is 25.7 Å². The minimum atomic E-state index is -0.384. The number of oxazole rings is 1. The van der Waals surface area contributed by atoms with Crippen LogP contribution in [0.1, 0.15) is 47.0 Å². The summed E-state index contributed by atoms with van der Waals surface area (Å²) in [4.78, 5) is 18.1. The van der Waals surface area contributed by atoms with E-state index in [9.17, 15) is 4.79 Å². The standard InChI is InChI=1S/C19H17N5O2.C3H8N2/c20-8-12-1-4-15(13-2-3-13)16(7-12)17-9-22-19(26-17)18(25)23-14-5-6-24(10-14)11-21;1-5-3-2-4/h1,4,7,9,13-14H,2-3,5-6,10H2,(H,23,25);2-3,5H,4H2,1H3/b;3-2-. The summed E-state index contributed by atoms with van der Waals surface area (Å²) in [6, 6.07) is 7.61. The quantitative estimate of drug-likeness (QED) is 0.624. The zero-order valence-corrected chi connectivity index (χ0v) is 17.3. The molecule has 0 radical (unpaired) electrons. The fourth-order valence-electron chi connectivity index (χ4n) is 3.41. The minimum Gasteiger partial charge on any atom is -0.432 e. The van der Waals surface area contributed by atoms with Crippen LogP contribution in [0.5, 0.6) is 0 Å². The number of nitrogens with two attached hydrogens (primary N) is 1. The Balaban J connectivity index is 0.000000491. The normalized spacial score (nSPS) is 17.4. The number of carbonyl (C=O) groups is 1. The monoisotopic (exact) mass is 419 g/mol. The molecule has 160 valence electrons. The summed E-state index contributed by atoms with van der Waals surface area (Å²) in [6.45, 7) is 1.15. The van der Waals surface area contributed by atoms with E-state index in [0.29, 0.717) is 30.3 Å². The Bertz CT molecular complexity index is 1030. The van der Waals surface area contributed by atoms with Gasteiger partial charge in [0, 0.05) is 44.1 Å². The number of nitriles is 2. The molecular formula is C22H25N7O2. The van der Waals surface area contributed by atoms with Crippen molar-refractivity contribution in [3.05, 3.63) is 53.8 Å². The lowest BCUT2D eigenvalue weighted by molar-refractivity contribution is 0.0904. The fourth-order valence-corrected chi connectivity index (χ4v) is 3.41. The van der Waals surface area contributed by atoms with Crippen LogP contribution in [0.15, 0.2) is 41.2 Å². The second-order valence-corrected chi connectivity index (χ2v) is 7.37. The van der Waals surface area contributed by atoms with Crippen LogP contribution >= 0.6 is 0 Å². The van der Waals surface area contributed by atoms with Crippen molar-refractivity contribution >= 4 is 5.91 Å². The van der Waals surface area contributed by atoms with Crippen molar-refractivity contribution in [1.29, 1.82) is 10.5 Å². The van der Waals surface area contributed by atoms with Crippen molar-refractivity contribution in [1.82, 2.24) is 20.5 Å². The van der Waals surface area contributed by atoms with Gasteiger partial charge in [0.05, 0.1) is 17.8 Å². The maximum Gasteiger partial charge on any atom is 0.307 e. The first-order valence-electron chi connectivity index (χ1n) is 10.1. The van der Waals surface area contributed by atoms with E-state index in [1.165, 1.54) is 12.4 Å². The molecule has 1 unspecified atom stereocenters. The molecule has 2 heterocycles. The van der Waals surface area contributed by atoms with Gasteiger partial charge in [-0.15, -0.1) is 0 Å². The number of nitrogens with one attached hydrogen (secondary N) is 2. The van der Waals surface area contributed by atoms with E-state index in [1.54, 1.807) is 24.2 Å². The van der Waals surface area contributed by atoms with Crippen molar-refractivity contribution in [3.8, 4) is 23.6 Å². The zero-order valence-electron chi connectivity index (χ0n) is 17.3. The largest absolute Gasteiger partial charge is 0.432 e. The predicted octanol–water partition coefficient (Wildman–Crippen LogP) is 2.01. The number of hydrogen-bond donors (Lipinski definition) is 3. The lowest BCUT2D eigenvalue weighted by Gasteiger charge is -2.10. The van der Waals surface area contributed by atoms with E-state index in [4.69, 9.17) is 20.7 Å². The summed E-state index contributed by atoms with van der Waals surface area (Å²) in [6.07, 6.45) is 9.69. The molecule has 1 aromatic heterocycles. The van der Waals surface area contributed by atoms with Gasteiger partial charge in [-0.3, -0.25) is 4.79 Å². The molecule has 1 aromatic carbocycles. The molecule has 1 saturated carbocycles. The van der Waals surface area contributed by atoms with Crippen molar-refractivity contribution < 1.29 is 9.21 Å². The molecular weight excluding hydrogens is 394 g/mol. The van der Waals surface area contributed by atoms with E-state index in [1.807, 2.05) is 12.1 Å². The number of aromatic nitrogens is 1. The second-order valence-electron chi connectivity index (χ2n) is 7.37. The predicted molar refractivity (Wildman–Crippen MR) is 114 cm³/mol. The molecule has 9 heteroatoms. The van der Waals surface area contributed by atoms with Crippen molar-refractivity contribution in [3.63, 3.8) is 0 Å². The minimum absolute atomic E-state index is 0.000449. The Kier molecular flexibility index (Phi) is 7.13. The van der Waals surface area contributed by atoms with Gasteiger partial charge in [-0.1, -0.05) is 6.07 Å². The Morgan fingerprint density at radius 2 is 2.16 bits per heavy atom. The van der Waals surface area contributed by atoms with Gasteiger partial charge >= 0.3 is 5.91 Å². The molecule has 1 atom stereocenters. The van der Waals surface area contributed by atoms with Crippen LogP contribution in [-0.4, -0.2) is 42.0 Å². The third-order valence-corrected chi connectivity index (χ3v) is 5.09. The van der Waals surface area contributed by atoms with E-state index in [0.717, 1.165) is 30.4 Å². The van der Waals surface area contributed by atoms with Crippen LogP contribution in [0.25, 0.3) is 11.3 Å². The summed E-state index contributed by atoms with van der Waals surface area (Å²) >= 11 is 0. The average molecular weight is 419 g/mol. The Morgan fingerprint density at radius 1 is 1.35 bits per heavy atom. The Hall–Kier alpha value is -3.98. The number of benzene rings is 1. The average Bonchev–Trinajstić information content (AvgIpc) is 3.33. The second kappa shape index (κ2) is 10.2. The van der Waals surface area contributed by atoms with Gasteiger partial charge in [-0.05, 0) is 42.9 Å². The Labute approximate surface area is 181 Å². The highest BCUT2D eigenvalue weighted by molar-refractivity contribution is 5.90. The molecule has 0 spiro atoms. The smallest absolute Gasteiger partial charge is 0.307 e. The molecule has 0 bridgehead atoms. The summed E-state index contributed by atoms with van der Waals surface area (Å²) in [5.41, 5.74) is 7.41. The van der Waals surface area contributed by atoms with E-state index < -0.39 is 0 Å². The third kappa shape index (κ3) is 5.55. The van der Waals surface area contributed by atoms with Gasteiger partial charge in [0.1, 0.15) is 0 Å². The third-order valence-electron chi connectivity index (χ3n) is 5.09. The molecule has 2 aliphatic rings. The molecule has 9 nitrogen and oxygen atoms in total. The molecule has 1 aliphatic carbocycles. The van der Waals surface area contributed by atoms with Crippen LogP contribution in [0.2, 0.25) is 0 Å². The highest BCUT2D eigenvalue weighted by Gasteiger charge is 2.29. The van der Waals surface area contributed by atoms with Crippen molar-refractivity contribution in [2.24, 2.45) is 5.73 Å². The highest BCUT2D eigenvalue weighted by Crippen LogP contribution is 2.44. The van der Waals surface area contributed by atoms with Crippen LogP contribution in [0.3, 0.4) is 0 Å². The summed E-state index contributed by atoms with van der Waals surface area (Å²) in [5.74, 6) is 0.597. The summed E-state index contributed by atoms with van der Waals surface area (Å²) < 4.78 is 5.70. The number of amides is 1. The van der Waals surface area contributed by atoms with E-state index in [2.05, 4.69) is 27.9 Å². The van der Waals surface area contributed by atoms with E-state index in [-0.39, 0.29) is 17.8 Å². The number of likely N-dealkylation sites (tertiary alicyclic amines) is 1. The molecule has 1 aliphatic heterocycles. The summed E-state index contributed by atoms with van der Waals surface area (Å²) in [5, 5.41) is 23.6. The topological polar surface area (TPSA) is 144 Å². The van der Waals surface area contributed by atoms with Gasteiger partial charge in [0.25, 0.3) is 5.89 Å². The first kappa shape index (κ1) is 21.7. The molecule has 2 fully saturated rings. The highest BCUT2D eigenvalue weighted by atomic mass is 16.4. The first-order chi connectivity index (χ1) is 15.1. The van der Waals surface area contributed by atoms with Gasteiger partial charge in [0.2, 0.25) is 0 Å². The molecule has 1 saturated heterocycles. The SMILES string of the molecule is CN/C=C\N.N#Cc1ccc(C2CC2)c(-c2cnc(C(=O)NC3CCN(C#N)C3)o2)c1. The maximum absolute atomic E-state index is 12.4. The molecule has 1 amide bonds. The number of rotatable bonds is 5. The maximum atomic E-state index is 12.4. The van der Waals surface area contributed by atoms with Crippen molar-refractivity contribution in [2.75, 3.05) is 20.1 Å². The number of hydrogen-bond acceptors (Lipinski definition) is 8. The number of carbonyl (C=O) groups excluding carboxylic acids is 1. The fraction of sp³-hybridized carbons (Fsp3) is 0.364. The van der Waals surface area contributed by atoms with Crippen LogP contribution < -0.4 is 16.4 Å². The van der Waals surface area contributed by atoms with Crippen LogP contribution in [0.4, 0.5) is 0 Å². The summed E-state index contributed by atoms with van der Waals surface area (Å²) in [7, 11) is 1.80. The lowest BCUT2D eigenvalue weighted by Crippen LogP contribution is -2.36. The van der Waals surface area contributed by atoms with Gasteiger partial charge in [-0.2, -0.15) is 10.5 Å². The van der Waals surface area contributed by atoms with Crippen molar-refractivity contribution in [2.45, 2.75) is 31.2 Å². The first-order valence-corrected chi connectivity index (χ1v) is 10.1. The van der Waals surface area contributed by atoms with Crippen LogP contribution in [0, 0.1) is 22.8 Å². The van der Waals surface area contributed by atoms with Crippen LogP contribution in [-0.2, 0) is 0 Å². The molecule has 2 aromatic rings.